The predicted octanol–water partition coefficient (Wildman–Crippen LogP) is 7.45. The van der Waals surface area contributed by atoms with Crippen LogP contribution in [-0.2, 0) is 17.9 Å². The Bertz CT molecular complexity index is 1510. The zero-order valence-corrected chi connectivity index (χ0v) is 30.0. The average molecular weight is 724 g/mol. The molecular formula is C37H50IN5O2. The Hall–Kier alpha value is -2.72. The summed E-state index contributed by atoms with van der Waals surface area (Å²) >= 11 is 2.36. The maximum Gasteiger partial charge on any atom is 0.272 e. The Labute approximate surface area is 282 Å². The lowest BCUT2D eigenvalue weighted by Gasteiger charge is -2.42. The summed E-state index contributed by atoms with van der Waals surface area (Å²) in [4.78, 5) is 26.3. The quantitative estimate of drug-likeness (QED) is 0.0973. The van der Waals surface area contributed by atoms with E-state index in [9.17, 15) is 9.59 Å². The molecule has 2 fully saturated rings. The summed E-state index contributed by atoms with van der Waals surface area (Å²) < 4.78 is 3.10. The van der Waals surface area contributed by atoms with Crippen molar-refractivity contribution in [3.63, 3.8) is 0 Å². The van der Waals surface area contributed by atoms with Crippen LogP contribution in [0.3, 0.4) is 0 Å². The van der Waals surface area contributed by atoms with E-state index in [1.54, 1.807) is 0 Å². The minimum atomic E-state index is -0.0953. The predicted molar refractivity (Wildman–Crippen MR) is 190 cm³/mol. The minimum absolute atomic E-state index is 0.0215. The van der Waals surface area contributed by atoms with Gasteiger partial charge >= 0.3 is 0 Å². The van der Waals surface area contributed by atoms with Crippen LogP contribution in [0, 0.1) is 33.2 Å². The number of benzene rings is 2. The number of hydrogen-bond donors (Lipinski definition) is 3. The first-order chi connectivity index (χ1) is 21.4. The summed E-state index contributed by atoms with van der Waals surface area (Å²) in [5.41, 5.74) is 6.07. The lowest BCUT2D eigenvalue weighted by molar-refractivity contribution is -0.124. The van der Waals surface area contributed by atoms with Gasteiger partial charge < -0.3 is 10.6 Å². The number of carbonyl (C=O) groups excluding carboxylic acids is 2. The van der Waals surface area contributed by atoms with Crippen molar-refractivity contribution >= 4 is 34.4 Å². The van der Waals surface area contributed by atoms with E-state index >= 15 is 0 Å². The Morgan fingerprint density at radius 2 is 1.87 bits per heavy atom. The van der Waals surface area contributed by atoms with Crippen LogP contribution in [0.25, 0.3) is 11.3 Å². The van der Waals surface area contributed by atoms with E-state index in [1.807, 2.05) is 17.7 Å². The molecule has 0 spiro atoms. The molecular weight excluding hydrogens is 673 g/mol. The van der Waals surface area contributed by atoms with Crippen LogP contribution in [0.2, 0.25) is 0 Å². The van der Waals surface area contributed by atoms with Crippen LogP contribution >= 0.6 is 22.6 Å². The van der Waals surface area contributed by atoms with Gasteiger partial charge in [-0.05, 0) is 101 Å². The Morgan fingerprint density at radius 3 is 2.56 bits per heavy atom. The van der Waals surface area contributed by atoms with Crippen LogP contribution in [0.15, 0.2) is 48.5 Å². The summed E-state index contributed by atoms with van der Waals surface area (Å²) in [6, 6.07) is 16.9. The Morgan fingerprint density at radius 1 is 1.11 bits per heavy atom. The van der Waals surface area contributed by atoms with Crippen molar-refractivity contribution in [3.8, 4) is 11.3 Å². The summed E-state index contributed by atoms with van der Waals surface area (Å²) in [6.07, 6.45) is 6.67. The molecule has 2 aliphatic rings. The number of hydrogen-bond acceptors (Lipinski definition) is 4. The highest BCUT2D eigenvalue weighted by atomic mass is 127. The summed E-state index contributed by atoms with van der Waals surface area (Å²) in [7, 11) is 0. The summed E-state index contributed by atoms with van der Waals surface area (Å²) in [5, 5.41) is 14.8. The number of nitrogens with zero attached hydrogens (tertiary/aromatic N) is 2. The van der Waals surface area contributed by atoms with Gasteiger partial charge in [0.25, 0.3) is 5.91 Å². The van der Waals surface area contributed by atoms with E-state index in [1.165, 1.54) is 24.8 Å². The number of unbranched alkanes of at least 4 members (excludes halogenated alkanes) is 1. The largest absolute Gasteiger partial charge is 0.347 e. The molecule has 45 heavy (non-hydrogen) atoms. The number of rotatable bonds is 13. The van der Waals surface area contributed by atoms with Gasteiger partial charge in [0.15, 0.2) is 5.69 Å². The van der Waals surface area contributed by atoms with E-state index < -0.39 is 0 Å². The molecule has 2 saturated carbocycles. The van der Waals surface area contributed by atoms with Gasteiger partial charge in [-0.25, -0.2) is 0 Å². The third-order valence-electron chi connectivity index (χ3n) is 10.5. The van der Waals surface area contributed by atoms with E-state index in [4.69, 9.17) is 5.10 Å². The molecule has 7 nitrogen and oxygen atoms in total. The fraction of sp³-hybridized carbons (Fsp3) is 0.541. The van der Waals surface area contributed by atoms with Crippen LogP contribution in [0.4, 0.5) is 0 Å². The molecule has 242 valence electrons. The average Bonchev–Trinajstić information content (AvgIpc) is 3.67. The van der Waals surface area contributed by atoms with Crippen LogP contribution in [-0.4, -0.2) is 34.3 Å². The van der Waals surface area contributed by atoms with Crippen molar-refractivity contribution in [2.24, 2.45) is 22.7 Å². The van der Waals surface area contributed by atoms with Crippen molar-refractivity contribution in [1.82, 2.24) is 25.7 Å². The molecule has 4 unspecified atom stereocenters. The van der Waals surface area contributed by atoms with Gasteiger partial charge in [-0.15, -0.1) is 0 Å². The summed E-state index contributed by atoms with van der Waals surface area (Å²) in [6.45, 7) is 14.8. The molecule has 1 heterocycles. The number of halogens is 1. The maximum absolute atomic E-state index is 13.8. The van der Waals surface area contributed by atoms with Crippen LogP contribution in [0.1, 0.15) is 100 Å². The zero-order valence-electron chi connectivity index (χ0n) is 27.8. The number of nitrogens with one attached hydrogen (secondary N) is 3. The first kappa shape index (κ1) is 33.6. The van der Waals surface area contributed by atoms with Gasteiger partial charge in [0.1, 0.15) is 0 Å². The SMILES string of the molecule is CCCCC(C)C(=O)NCNCc1cc(-c2cc(C(=O)NC3C4(C)CCC(C4)C3(C)C)nn2Cc2ccc(C)cc2)ccc1I. The number of carbonyl (C=O) groups is 2. The monoisotopic (exact) mass is 723 g/mol. The van der Waals surface area contributed by atoms with Gasteiger partial charge in [0.05, 0.1) is 18.9 Å². The highest BCUT2D eigenvalue weighted by Gasteiger charge is 2.59. The first-order valence-corrected chi connectivity index (χ1v) is 17.7. The third-order valence-corrected chi connectivity index (χ3v) is 11.5. The first-order valence-electron chi connectivity index (χ1n) is 16.6. The van der Waals surface area contributed by atoms with Gasteiger partial charge in [-0.1, -0.05) is 83.4 Å². The normalized spacial score (nSPS) is 22.4. The van der Waals surface area contributed by atoms with E-state index in [0.717, 1.165) is 45.2 Å². The van der Waals surface area contributed by atoms with Gasteiger partial charge in [-0.3, -0.25) is 19.6 Å². The molecule has 8 heteroatoms. The Balaban J connectivity index is 1.35. The Kier molecular flexibility index (Phi) is 10.4. The topological polar surface area (TPSA) is 88.1 Å². The molecule has 5 rings (SSSR count). The van der Waals surface area contributed by atoms with Crippen molar-refractivity contribution in [2.45, 2.75) is 99.2 Å². The van der Waals surface area contributed by atoms with Gasteiger partial charge in [0, 0.05) is 27.6 Å². The number of aromatic nitrogens is 2. The minimum Gasteiger partial charge on any atom is -0.347 e. The molecule has 4 atom stereocenters. The van der Waals surface area contributed by atoms with E-state index in [-0.39, 0.29) is 34.6 Å². The molecule has 2 aromatic carbocycles. The second-order valence-electron chi connectivity index (χ2n) is 14.4. The van der Waals surface area contributed by atoms with Crippen LogP contribution < -0.4 is 16.0 Å². The lowest BCUT2D eigenvalue weighted by Crippen LogP contribution is -2.52. The van der Waals surface area contributed by atoms with Crippen molar-refractivity contribution in [1.29, 1.82) is 0 Å². The maximum atomic E-state index is 13.8. The molecule has 2 amide bonds. The van der Waals surface area contributed by atoms with Gasteiger partial charge in [0.2, 0.25) is 5.91 Å². The molecule has 3 N–H and O–H groups in total. The van der Waals surface area contributed by atoms with E-state index in [2.05, 4.69) is 116 Å². The van der Waals surface area contributed by atoms with E-state index in [0.29, 0.717) is 31.4 Å². The summed E-state index contributed by atoms with van der Waals surface area (Å²) in [5.74, 6) is 0.669. The standard InChI is InChI=1S/C37H50IN5O2/c1-7-8-9-25(3)33(44)40-23-39-21-28-18-27(14-15-30(28)38)32-19-31(42-43(32)22-26-12-10-24(2)11-13-26)34(45)41-35-36(4,5)29-16-17-37(35,6)20-29/h10-15,18-19,25,29,35,39H,7-9,16-17,20-23H2,1-6H3,(H,40,44)(H,41,45). The second-order valence-corrected chi connectivity index (χ2v) is 15.5. The van der Waals surface area contributed by atoms with Crippen molar-refractivity contribution in [3.05, 3.63) is 74.5 Å². The van der Waals surface area contributed by atoms with Gasteiger partial charge in [-0.2, -0.15) is 5.10 Å². The molecule has 2 bridgehead atoms. The fourth-order valence-electron chi connectivity index (χ4n) is 7.65. The number of aryl methyl sites for hydroxylation is 1. The molecule has 1 aromatic heterocycles. The highest BCUT2D eigenvalue weighted by Crippen LogP contribution is 2.62. The smallest absolute Gasteiger partial charge is 0.272 e. The fourth-order valence-corrected chi connectivity index (χ4v) is 8.17. The van der Waals surface area contributed by atoms with Crippen LogP contribution in [0.5, 0.6) is 0 Å². The van der Waals surface area contributed by atoms with Crippen molar-refractivity contribution in [2.75, 3.05) is 6.67 Å². The lowest BCUT2D eigenvalue weighted by atomic mass is 9.68. The number of fused-ring (bicyclic) bond motifs is 2. The number of amides is 2. The third kappa shape index (κ3) is 7.48. The molecule has 0 saturated heterocycles. The molecule has 0 aliphatic heterocycles. The molecule has 2 aliphatic carbocycles. The second kappa shape index (κ2) is 14.0. The molecule has 0 radical (unpaired) electrons. The molecule has 3 aromatic rings. The highest BCUT2D eigenvalue weighted by molar-refractivity contribution is 14.1. The van der Waals surface area contributed by atoms with Crippen molar-refractivity contribution < 1.29 is 9.59 Å². The zero-order chi connectivity index (χ0) is 32.4.